The van der Waals surface area contributed by atoms with Crippen LogP contribution >= 0.6 is 0 Å². The Labute approximate surface area is 228 Å². The highest BCUT2D eigenvalue weighted by molar-refractivity contribution is 5.91. The summed E-state index contributed by atoms with van der Waals surface area (Å²) in [7, 11) is 0. The van der Waals surface area contributed by atoms with E-state index in [0.29, 0.717) is 25.5 Å². The largest absolute Gasteiger partial charge is 0.444 e. The van der Waals surface area contributed by atoms with E-state index < -0.39 is 5.60 Å². The number of amides is 1. The number of hydrogen-bond acceptors (Lipinski definition) is 6. The number of nitrogens with zero attached hydrogens (tertiary/aromatic N) is 3. The molecule has 1 aromatic heterocycles. The second-order valence-corrected chi connectivity index (χ2v) is 10.5. The lowest BCUT2D eigenvalue weighted by atomic mass is 9.98. The molecule has 2 heterocycles. The SMILES string of the molecule is CC(C)(C)OC(=O)N1CCOCC1C=N/C(=C\N)c1ccc2cc(-c3ccc(-c4cnc[nH]4)cc3)ccc2c1. The Bertz CT molecular complexity index is 1500. The number of aromatic nitrogens is 2. The number of carbonyl (C=O) groups excluding carboxylic acids is 1. The summed E-state index contributed by atoms with van der Waals surface area (Å²) in [6.07, 6.45) is 6.31. The van der Waals surface area contributed by atoms with Gasteiger partial charge in [-0.3, -0.25) is 9.89 Å². The van der Waals surface area contributed by atoms with Gasteiger partial charge in [0.2, 0.25) is 0 Å². The number of ether oxygens (including phenoxy) is 2. The highest BCUT2D eigenvalue weighted by Gasteiger charge is 2.30. The predicted octanol–water partition coefficient (Wildman–Crippen LogP) is 5.86. The van der Waals surface area contributed by atoms with Crippen molar-refractivity contribution in [2.24, 2.45) is 10.7 Å². The fourth-order valence-electron chi connectivity index (χ4n) is 4.51. The molecule has 5 rings (SSSR count). The molecular weight excluding hydrogens is 490 g/mol. The first-order valence-electron chi connectivity index (χ1n) is 13.0. The van der Waals surface area contributed by atoms with Crippen molar-refractivity contribution in [1.29, 1.82) is 0 Å². The molecule has 1 amide bonds. The van der Waals surface area contributed by atoms with E-state index in [1.807, 2.05) is 33.0 Å². The quantitative estimate of drug-likeness (QED) is 0.319. The average Bonchev–Trinajstić information content (AvgIpc) is 3.48. The van der Waals surface area contributed by atoms with E-state index in [1.54, 1.807) is 17.4 Å². The molecule has 1 aliphatic heterocycles. The lowest BCUT2D eigenvalue weighted by molar-refractivity contribution is -0.0169. The van der Waals surface area contributed by atoms with Crippen LogP contribution in [0.1, 0.15) is 26.3 Å². The first-order chi connectivity index (χ1) is 18.8. The van der Waals surface area contributed by atoms with Crippen LogP contribution in [0.5, 0.6) is 0 Å². The van der Waals surface area contributed by atoms with Crippen molar-refractivity contribution in [2.45, 2.75) is 32.4 Å². The van der Waals surface area contributed by atoms with Gasteiger partial charge in [0, 0.05) is 24.5 Å². The fraction of sp³-hybridized carbons (Fsp3) is 0.258. The van der Waals surface area contributed by atoms with Crippen LogP contribution in [0.25, 0.3) is 38.9 Å². The monoisotopic (exact) mass is 523 g/mol. The summed E-state index contributed by atoms with van der Waals surface area (Å²) in [6.45, 7) is 6.81. The lowest BCUT2D eigenvalue weighted by Crippen LogP contribution is -2.51. The average molecular weight is 524 g/mol. The van der Waals surface area contributed by atoms with Crippen molar-refractivity contribution in [3.05, 3.63) is 85.0 Å². The van der Waals surface area contributed by atoms with Gasteiger partial charge in [-0.15, -0.1) is 0 Å². The number of benzene rings is 3. The number of carbonyl (C=O) groups is 1. The molecule has 1 aliphatic rings. The van der Waals surface area contributed by atoms with Gasteiger partial charge in [-0.25, -0.2) is 9.78 Å². The van der Waals surface area contributed by atoms with Gasteiger partial charge in [0.1, 0.15) is 5.60 Å². The van der Waals surface area contributed by atoms with Crippen LogP contribution in [-0.2, 0) is 9.47 Å². The molecule has 0 spiro atoms. The fourth-order valence-corrected chi connectivity index (χ4v) is 4.51. The molecule has 0 bridgehead atoms. The Balaban J connectivity index is 1.33. The number of aromatic amines is 1. The molecule has 200 valence electrons. The van der Waals surface area contributed by atoms with Gasteiger partial charge < -0.3 is 20.2 Å². The Morgan fingerprint density at radius 1 is 1.08 bits per heavy atom. The van der Waals surface area contributed by atoms with Crippen molar-refractivity contribution in [3.8, 4) is 22.4 Å². The van der Waals surface area contributed by atoms with Crippen LogP contribution in [0.4, 0.5) is 4.79 Å². The summed E-state index contributed by atoms with van der Waals surface area (Å²) in [4.78, 5) is 26.2. The highest BCUT2D eigenvalue weighted by atomic mass is 16.6. The maximum Gasteiger partial charge on any atom is 0.410 e. The molecule has 3 N–H and O–H groups in total. The second-order valence-electron chi connectivity index (χ2n) is 10.5. The Hall–Kier alpha value is -4.43. The summed E-state index contributed by atoms with van der Waals surface area (Å²) in [6, 6.07) is 20.6. The van der Waals surface area contributed by atoms with Crippen LogP contribution in [0, 0.1) is 0 Å². The predicted molar refractivity (Wildman–Crippen MR) is 155 cm³/mol. The molecule has 3 aromatic carbocycles. The van der Waals surface area contributed by atoms with Gasteiger partial charge in [-0.2, -0.15) is 0 Å². The third kappa shape index (κ3) is 6.18. The number of nitrogens with two attached hydrogens (primary N) is 1. The first-order valence-corrected chi connectivity index (χ1v) is 13.0. The van der Waals surface area contributed by atoms with E-state index in [2.05, 4.69) is 69.6 Å². The number of hydrogen-bond donors (Lipinski definition) is 2. The number of H-pyrrole nitrogens is 1. The number of aliphatic imine (C=N–C) groups is 1. The van der Waals surface area contributed by atoms with E-state index >= 15 is 0 Å². The number of morpholine rings is 1. The van der Waals surface area contributed by atoms with Crippen LogP contribution < -0.4 is 5.73 Å². The standard InChI is InChI=1S/C31H33N5O3/c1-31(2,3)39-30(37)36-12-13-38-19-27(36)17-34-28(16-32)26-11-10-24-14-23(8-9-25(24)15-26)21-4-6-22(7-5-21)29-18-33-20-35-29/h4-11,14-18,20,27H,12-13,19,32H2,1-3H3,(H,33,35)/b28-16-,34-17?. The van der Waals surface area contributed by atoms with E-state index in [4.69, 9.17) is 15.2 Å². The minimum atomic E-state index is -0.575. The summed E-state index contributed by atoms with van der Waals surface area (Å²) in [5.41, 5.74) is 11.3. The van der Waals surface area contributed by atoms with E-state index in [9.17, 15) is 4.79 Å². The number of imidazole rings is 1. The summed E-state index contributed by atoms with van der Waals surface area (Å²) in [5.74, 6) is 0. The van der Waals surface area contributed by atoms with Crippen LogP contribution in [-0.4, -0.2) is 58.6 Å². The van der Waals surface area contributed by atoms with Crippen LogP contribution in [0.2, 0.25) is 0 Å². The van der Waals surface area contributed by atoms with Gasteiger partial charge in [-0.1, -0.05) is 48.5 Å². The smallest absolute Gasteiger partial charge is 0.410 e. The number of nitrogens with one attached hydrogen (secondary N) is 1. The normalized spacial score (nSPS) is 16.6. The maximum absolute atomic E-state index is 12.7. The minimum absolute atomic E-state index is 0.341. The van der Waals surface area contributed by atoms with Gasteiger partial charge in [0.25, 0.3) is 0 Å². The van der Waals surface area contributed by atoms with Crippen molar-refractivity contribution in [3.63, 3.8) is 0 Å². The zero-order valence-corrected chi connectivity index (χ0v) is 22.4. The maximum atomic E-state index is 12.7. The lowest BCUT2D eigenvalue weighted by Gasteiger charge is -2.34. The Morgan fingerprint density at radius 3 is 2.51 bits per heavy atom. The van der Waals surface area contributed by atoms with Gasteiger partial charge >= 0.3 is 6.09 Å². The summed E-state index contributed by atoms with van der Waals surface area (Å²) >= 11 is 0. The first kappa shape index (κ1) is 26.2. The van der Waals surface area contributed by atoms with Crippen LogP contribution in [0.3, 0.4) is 0 Å². The molecule has 4 aromatic rings. The molecular formula is C31H33N5O3. The zero-order valence-electron chi connectivity index (χ0n) is 22.4. The molecule has 8 nitrogen and oxygen atoms in total. The van der Waals surface area contributed by atoms with Gasteiger partial charge in [0.05, 0.1) is 43.2 Å². The molecule has 0 radical (unpaired) electrons. The third-order valence-corrected chi connectivity index (χ3v) is 6.50. The molecule has 0 aliphatic carbocycles. The zero-order chi connectivity index (χ0) is 27.4. The molecule has 1 unspecified atom stereocenters. The third-order valence-electron chi connectivity index (χ3n) is 6.50. The van der Waals surface area contributed by atoms with Gasteiger partial charge in [0.15, 0.2) is 0 Å². The van der Waals surface area contributed by atoms with Crippen molar-refractivity contribution in [1.82, 2.24) is 14.9 Å². The molecule has 1 atom stereocenters. The van der Waals surface area contributed by atoms with Crippen molar-refractivity contribution in [2.75, 3.05) is 19.8 Å². The number of fused-ring (bicyclic) bond motifs is 1. The summed E-state index contributed by atoms with van der Waals surface area (Å²) in [5, 5.41) is 2.20. The molecule has 39 heavy (non-hydrogen) atoms. The van der Waals surface area contributed by atoms with Crippen molar-refractivity contribution < 1.29 is 14.3 Å². The summed E-state index contributed by atoms with van der Waals surface area (Å²) < 4.78 is 11.2. The molecule has 8 heteroatoms. The van der Waals surface area contributed by atoms with Gasteiger partial charge in [-0.05, 0) is 60.4 Å². The number of rotatable bonds is 5. The molecule has 1 saturated heterocycles. The topological polar surface area (TPSA) is 106 Å². The van der Waals surface area contributed by atoms with Crippen molar-refractivity contribution >= 4 is 28.8 Å². The molecule has 0 saturated carbocycles. The van der Waals surface area contributed by atoms with Crippen LogP contribution in [0.15, 0.2) is 84.4 Å². The minimum Gasteiger partial charge on any atom is -0.444 e. The Kier molecular flexibility index (Phi) is 7.47. The van der Waals surface area contributed by atoms with E-state index in [1.165, 1.54) is 6.20 Å². The van der Waals surface area contributed by atoms with E-state index in [0.717, 1.165) is 38.7 Å². The van der Waals surface area contributed by atoms with E-state index in [-0.39, 0.29) is 12.1 Å². The highest BCUT2D eigenvalue weighted by Crippen LogP contribution is 2.29. The second kappa shape index (κ2) is 11.1. The Morgan fingerprint density at radius 2 is 1.79 bits per heavy atom. The molecule has 1 fully saturated rings.